The van der Waals surface area contributed by atoms with Crippen molar-refractivity contribution < 1.29 is 19.1 Å². The summed E-state index contributed by atoms with van der Waals surface area (Å²) in [6.07, 6.45) is -0.929. The van der Waals surface area contributed by atoms with Gasteiger partial charge >= 0.3 is 12.0 Å². The summed E-state index contributed by atoms with van der Waals surface area (Å²) < 4.78 is 5.23. The standard InChI is InChI=1S/C19H29N3O4/c1-12(2)11-20-17(23)14(5)26-18(24)16(13(3)4)22-19(25)21-15-9-7-6-8-10-15/h6-10,12-14,16H,11H2,1-5H3,(H,20,23)(H2,21,22,25)/t14-,16+/m1/s1. The highest BCUT2D eigenvalue weighted by Crippen LogP contribution is 2.09. The van der Waals surface area contributed by atoms with Crippen molar-refractivity contribution in [1.82, 2.24) is 10.6 Å². The number of anilines is 1. The van der Waals surface area contributed by atoms with E-state index < -0.39 is 24.1 Å². The van der Waals surface area contributed by atoms with E-state index in [4.69, 9.17) is 4.74 Å². The van der Waals surface area contributed by atoms with Gasteiger partial charge in [0.25, 0.3) is 5.91 Å². The molecule has 7 nitrogen and oxygen atoms in total. The zero-order valence-corrected chi connectivity index (χ0v) is 16.0. The van der Waals surface area contributed by atoms with Gasteiger partial charge in [0.1, 0.15) is 6.04 Å². The lowest BCUT2D eigenvalue weighted by atomic mass is 10.0. The molecule has 3 N–H and O–H groups in total. The number of para-hydroxylation sites is 1. The fourth-order valence-corrected chi connectivity index (χ4v) is 2.08. The van der Waals surface area contributed by atoms with Crippen LogP contribution in [0.4, 0.5) is 10.5 Å². The molecule has 0 saturated carbocycles. The summed E-state index contributed by atoms with van der Waals surface area (Å²) in [6.45, 7) is 9.54. The number of carbonyl (C=O) groups excluding carboxylic acids is 3. The number of rotatable bonds is 8. The van der Waals surface area contributed by atoms with E-state index in [1.807, 2.05) is 19.9 Å². The lowest BCUT2D eigenvalue weighted by Gasteiger charge is -2.23. The molecule has 144 valence electrons. The molecule has 0 fully saturated rings. The first kappa shape index (κ1) is 21.5. The second-order valence-electron chi connectivity index (χ2n) is 6.90. The second-order valence-corrected chi connectivity index (χ2v) is 6.90. The Morgan fingerprint density at radius 2 is 1.62 bits per heavy atom. The van der Waals surface area contributed by atoms with Crippen LogP contribution >= 0.6 is 0 Å². The van der Waals surface area contributed by atoms with Crippen LogP contribution in [-0.2, 0) is 14.3 Å². The Labute approximate surface area is 154 Å². The van der Waals surface area contributed by atoms with Crippen molar-refractivity contribution >= 4 is 23.6 Å². The number of nitrogens with one attached hydrogen (secondary N) is 3. The van der Waals surface area contributed by atoms with E-state index in [9.17, 15) is 14.4 Å². The van der Waals surface area contributed by atoms with Crippen LogP contribution in [-0.4, -0.2) is 36.6 Å². The molecular weight excluding hydrogens is 334 g/mol. The van der Waals surface area contributed by atoms with Gasteiger partial charge in [-0.15, -0.1) is 0 Å². The summed E-state index contributed by atoms with van der Waals surface area (Å²) in [5.74, 6) is -0.901. The number of amides is 3. The number of benzene rings is 1. The van der Waals surface area contributed by atoms with Crippen LogP contribution in [0, 0.1) is 11.8 Å². The fraction of sp³-hybridized carbons (Fsp3) is 0.526. The normalized spacial score (nSPS) is 13.0. The minimum absolute atomic E-state index is 0.199. The predicted octanol–water partition coefficient (Wildman–Crippen LogP) is 2.54. The van der Waals surface area contributed by atoms with Gasteiger partial charge in [0.2, 0.25) is 0 Å². The third-order valence-electron chi connectivity index (χ3n) is 3.59. The maximum Gasteiger partial charge on any atom is 0.329 e. The Kier molecular flexibility index (Phi) is 8.61. The van der Waals surface area contributed by atoms with Crippen LogP contribution in [0.1, 0.15) is 34.6 Å². The number of urea groups is 1. The third-order valence-corrected chi connectivity index (χ3v) is 3.59. The van der Waals surface area contributed by atoms with Crippen LogP contribution in [0.2, 0.25) is 0 Å². The minimum atomic E-state index is -0.929. The number of carbonyl (C=O) groups is 3. The number of hydrogen-bond acceptors (Lipinski definition) is 4. The van der Waals surface area contributed by atoms with Crippen molar-refractivity contribution in [3.63, 3.8) is 0 Å². The molecule has 26 heavy (non-hydrogen) atoms. The SMILES string of the molecule is CC(C)CNC(=O)[C@@H](C)OC(=O)[C@@H](NC(=O)Nc1ccccc1)C(C)C. The molecule has 1 rings (SSSR count). The highest BCUT2D eigenvalue weighted by atomic mass is 16.5. The monoisotopic (exact) mass is 363 g/mol. The van der Waals surface area contributed by atoms with Gasteiger partial charge in [-0.25, -0.2) is 9.59 Å². The highest BCUT2D eigenvalue weighted by Gasteiger charge is 2.29. The quantitative estimate of drug-likeness (QED) is 0.618. The van der Waals surface area contributed by atoms with Crippen molar-refractivity contribution in [1.29, 1.82) is 0 Å². The van der Waals surface area contributed by atoms with Crippen LogP contribution in [0.15, 0.2) is 30.3 Å². The number of esters is 1. The molecule has 0 unspecified atom stereocenters. The van der Waals surface area contributed by atoms with Gasteiger partial charge in [0.15, 0.2) is 6.10 Å². The molecule has 0 bridgehead atoms. The smallest absolute Gasteiger partial charge is 0.329 e. The molecule has 0 heterocycles. The molecule has 0 aromatic heterocycles. The van der Waals surface area contributed by atoms with Gasteiger partial charge in [0.05, 0.1) is 0 Å². The number of hydrogen-bond donors (Lipinski definition) is 3. The molecule has 0 aliphatic rings. The van der Waals surface area contributed by atoms with E-state index in [1.54, 1.807) is 38.1 Å². The maximum atomic E-state index is 12.4. The molecule has 0 saturated heterocycles. The van der Waals surface area contributed by atoms with Gasteiger partial charge in [-0.2, -0.15) is 0 Å². The van der Waals surface area contributed by atoms with Gasteiger partial charge in [-0.3, -0.25) is 4.79 Å². The van der Waals surface area contributed by atoms with Crippen LogP contribution in [0.5, 0.6) is 0 Å². The Morgan fingerprint density at radius 1 is 1.00 bits per heavy atom. The Morgan fingerprint density at radius 3 is 2.15 bits per heavy atom. The summed E-state index contributed by atoms with van der Waals surface area (Å²) in [5.41, 5.74) is 0.613. The van der Waals surface area contributed by atoms with E-state index in [2.05, 4.69) is 16.0 Å². The van der Waals surface area contributed by atoms with Crippen LogP contribution in [0.25, 0.3) is 0 Å². The largest absolute Gasteiger partial charge is 0.451 e. The van der Waals surface area contributed by atoms with E-state index in [1.165, 1.54) is 6.92 Å². The summed E-state index contributed by atoms with van der Waals surface area (Å²) in [5, 5.41) is 7.97. The van der Waals surface area contributed by atoms with Crippen molar-refractivity contribution in [3.05, 3.63) is 30.3 Å². The average molecular weight is 363 g/mol. The van der Waals surface area contributed by atoms with Gasteiger partial charge in [-0.05, 0) is 30.9 Å². The molecule has 0 aliphatic heterocycles. The summed E-state index contributed by atoms with van der Waals surface area (Å²) in [6, 6.07) is 7.53. The van der Waals surface area contributed by atoms with Crippen molar-refractivity contribution in [2.45, 2.75) is 46.8 Å². The molecule has 2 atom stereocenters. The van der Waals surface area contributed by atoms with Gasteiger partial charge < -0.3 is 20.7 Å². The van der Waals surface area contributed by atoms with E-state index >= 15 is 0 Å². The lowest BCUT2D eigenvalue weighted by Crippen LogP contribution is -2.49. The lowest BCUT2D eigenvalue weighted by molar-refractivity contribution is -0.157. The first-order valence-electron chi connectivity index (χ1n) is 8.81. The Balaban J connectivity index is 2.60. The second kappa shape index (κ2) is 10.4. The first-order chi connectivity index (χ1) is 12.2. The van der Waals surface area contributed by atoms with Crippen molar-refractivity contribution in [2.24, 2.45) is 11.8 Å². The molecular formula is C19H29N3O4. The Bertz CT molecular complexity index is 602. The van der Waals surface area contributed by atoms with E-state index in [0.717, 1.165) is 0 Å². The first-order valence-corrected chi connectivity index (χ1v) is 8.81. The highest BCUT2D eigenvalue weighted by molar-refractivity contribution is 5.93. The Hall–Kier alpha value is -2.57. The molecule has 0 spiro atoms. The minimum Gasteiger partial charge on any atom is -0.451 e. The van der Waals surface area contributed by atoms with Crippen molar-refractivity contribution in [2.75, 3.05) is 11.9 Å². The van der Waals surface area contributed by atoms with Crippen LogP contribution in [0.3, 0.4) is 0 Å². The zero-order valence-electron chi connectivity index (χ0n) is 16.0. The van der Waals surface area contributed by atoms with Gasteiger partial charge in [0, 0.05) is 12.2 Å². The topological polar surface area (TPSA) is 96.5 Å². The maximum absolute atomic E-state index is 12.4. The average Bonchev–Trinajstić information content (AvgIpc) is 2.57. The molecule has 1 aromatic carbocycles. The van der Waals surface area contributed by atoms with Crippen LogP contribution < -0.4 is 16.0 Å². The van der Waals surface area contributed by atoms with E-state index in [-0.39, 0.29) is 11.8 Å². The van der Waals surface area contributed by atoms with Gasteiger partial charge in [-0.1, -0.05) is 45.9 Å². The molecule has 1 aromatic rings. The summed E-state index contributed by atoms with van der Waals surface area (Å²) in [4.78, 5) is 36.5. The molecule has 0 radical (unpaired) electrons. The summed E-state index contributed by atoms with van der Waals surface area (Å²) >= 11 is 0. The fourth-order valence-electron chi connectivity index (χ4n) is 2.08. The van der Waals surface area contributed by atoms with E-state index in [0.29, 0.717) is 18.2 Å². The third kappa shape index (κ3) is 7.55. The number of ether oxygens (including phenoxy) is 1. The summed E-state index contributed by atoms with van der Waals surface area (Å²) in [7, 11) is 0. The zero-order chi connectivity index (χ0) is 19.7. The molecule has 7 heteroatoms. The predicted molar refractivity (Wildman–Crippen MR) is 101 cm³/mol. The molecule has 0 aliphatic carbocycles. The van der Waals surface area contributed by atoms with Crippen molar-refractivity contribution in [3.8, 4) is 0 Å². The molecule has 3 amide bonds.